The lowest BCUT2D eigenvalue weighted by atomic mass is 10.1. The minimum atomic E-state index is -0.526. The zero-order valence-corrected chi connectivity index (χ0v) is 13.0. The number of amides is 2. The number of carbonyl (C=O) groups excluding carboxylic acids is 2. The van der Waals surface area contributed by atoms with Crippen molar-refractivity contribution in [3.05, 3.63) is 59.9 Å². The fraction of sp³-hybridized carbons (Fsp3) is 0.176. The van der Waals surface area contributed by atoms with Crippen LogP contribution in [0.2, 0.25) is 0 Å². The first kappa shape index (κ1) is 17.3. The molecule has 2 N–H and O–H groups in total. The standard InChI is InChI=1S/C17H17FN2O4/c1-23-14-6-2-12(3-7-14)10-16(21)19-20-17(22)11-24-15-8-4-13(18)5-9-15/h2-9H,10-11H2,1H3,(H,19,21)(H,20,22). The van der Waals surface area contributed by atoms with Gasteiger partial charge in [0.1, 0.15) is 17.3 Å². The molecule has 2 aromatic carbocycles. The van der Waals surface area contributed by atoms with E-state index in [1.165, 1.54) is 24.3 Å². The highest BCUT2D eigenvalue weighted by molar-refractivity contribution is 5.83. The topological polar surface area (TPSA) is 76.7 Å². The molecule has 2 aromatic rings. The molecule has 0 saturated heterocycles. The van der Waals surface area contributed by atoms with Gasteiger partial charge in [-0.05, 0) is 42.0 Å². The van der Waals surface area contributed by atoms with E-state index in [0.717, 1.165) is 5.56 Å². The van der Waals surface area contributed by atoms with Crippen molar-refractivity contribution >= 4 is 11.8 Å². The van der Waals surface area contributed by atoms with Crippen molar-refractivity contribution in [2.24, 2.45) is 0 Å². The largest absolute Gasteiger partial charge is 0.497 e. The number of ether oxygens (including phenoxy) is 2. The van der Waals surface area contributed by atoms with Crippen molar-refractivity contribution in [3.63, 3.8) is 0 Å². The number of benzene rings is 2. The summed E-state index contributed by atoms with van der Waals surface area (Å²) in [5.74, 6) is -0.225. The van der Waals surface area contributed by atoms with E-state index in [1.54, 1.807) is 31.4 Å². The van der Waals surface area contributed by atoms with Gasteiger partial charge in [0.05, 0.1) is 13.5 Å². The van der Waals surface area contributed by atoms with Gasteiger partial charge in [0.25, 0.3) is 5.91 Å². The molecule has 0 atom stereocenters. The lowest BCUT2D eigenvalue weighted by Gasteiger charge is -2.09. The summed E-state index contributed by atoms with van der Waals surface area (Å²) in [4.78, 5) is 23.3. The Morgan fingerprint density at radius 1 is 0.917 bits per heavy atom. The van der Waals surface area contributed by atoms with Crippen LogP contribution in [0.5, 0.6) is 11.5 Å². The Labute approximate surface area is 138 Å². The lowest BCUT2D eigenvalue weighted by Crippen LogP contribution is -2.44. The highest BCUT2D eigenvalue weighted by Crippen LogP contribution is 2.12. The highest BCUT2D eigenvalue weighted by atomic mass is 19.1. The molecule has 0 bridgehead atoms. The summed E-state index contributed by atoms with van der Waals surface area (Å²) >= 11 is 0. The van der Waals surface area contributed by atoms with Crippen molar-refractivity contribution in [3.8, 4) is 11.5 Å². The second-order valence-corrected chi connectivity index (χ2v) is 4.86. The third kappa shape index (κ3) is 5.60. The maximum Gasteiger partial charge on any atom is 0.276 e. The molecule has 0 spiro atoms. The summed E-state index contributed by atoms with van der Waals surface area (Å²) in [6.07, 6.45) is 0.114. The molecule has 0 heterocycles. The van der Waals surface area contributed by atoms with Crippen LogP contribution in [-0.2, 0) is 16.0 Å². The maximum absolute atomic E-state index is 12.7. The molecular weight excluding hydrogens is 315 g/mol. The fourth-order valence-corrected chi connectivity index (χ4v) is 1.83. The van der Waals surface area contributed by atoms with Crippen LogP contribution in [0.1, 0.15) is 5.56 Å². The number of methoxy groups -OCH3 is 1. The second-order valence-electron chi connectivity index (χ2n) is 4.86. The number of carbonyl (C=O) groups is 2. The Bertz CT molecular complexity index is 687. The number of hydrazine groups is 1. The average molecular weight is 332 g/mol. The van der Waals surface area contributed by atoms with E-state index in [2.05, 4.69) is 10.9 Å². The van der Waals surface area contributed by atoms with Crippen LogP contribution in [0.15, 0.2) is 48.5 Å². The zero-order chi connectivity index (χ0) is 17.4. The molecule has 126 valence electrons. The lowest BCUT2D eigenvalue weighted by molar-refractivity contribution is -0.129. The Morgan fingerprint density at radius 2 is 1.50 bits per heavy atom. The van der Waals surface area contributed by atoms with E-state index >= 15 is 0 Å². The molecule has 0 unspecified atom stereocenters. The number of hydrogen-bond donors (Lipinski definition) is 2. The van der Waals surface area contributed by atoms with Crippen molar-refractivity contribution < 1.29 is 23.5 Å². The van der Waals surface area contributed by atoms with Crippen LogP contribution >= 0.6 is 0 Å². The zero-order valence-electron chi connectivity index (χ0n) is 13.0. The highest BCUT2D eigenvalue weighted by Gasteiger charge is 2.07. The van der Waals surface area contributed by atoms with Gasteiger partial charge in [0.2, 0.25) is 5.91 Å². The third-order valence-corrected chi connectivity index (χ3v) is 3.05. The number of halogens is 1. The first-order chi connectivity index (χ1) is 11.6. The normalized spacial score (nSPS) is 9.92. The molecule has 7 heteroatoms. The molecule has 0 aliphatic heterocycles. The predicted octanol–water partition coefficient (Wildman–Crippen LogP) is 1.60. The van der Waals surface area contributed by atoms with Gasteiger partial charge in [-0.25, -0.2) is 4.39 Å². The predicted molar refractivity (Wildman–Crippen MR) is 84.9 cm³/mol. The molecule has 0 radical (unpaired) electrons. The van der Waals surface area contributed by atoms with E-state index in [-0.39, 0.29) is 18.9 Å². The van der Waals surface area contributed by atoms with Gasteiger partial charge in [-0.2, -0.15) is 0 Å². The molecule has 0 saturated carbocycles. The van der Waals surface area contributed by atoms with Crippen LogP contribution < -0.4 is 20.3 Å². The van der Waals surface area contributed by atoms with E-state index in [4.69, 9.17) is 9.47 Å². The van der Waals surface area contributed by atoms with Gasteiger partial charge in [-0.15, -0.1) is 0 Å². The van der Waals surface area contributed by atoms with E-state index in [1.807, 2.05) is 0 Å². The van der Waals surface area contributed by atoms with E-state index in [0.29, 0.717) is 11.5 Å². The molecule has 24 heavy (non-hydrogen) atoms. The second kappa shape index (κ2) is 8.52. The van der Waals surface area contributed by atoms with Gasteiger partial charge >= 0.3 is 0 Å². The third-order valence-electron chi connectivity index (χ3n) is 3.05. The maximum atomic E-state index is 12.7. The van der Waals surface area contributed by atoms with Crippen LogP contribution in [0.25, 0.3) is 0 Å². The van der Waals surface area contributed by atoms with Crippen molar-refractivity contribution in [2.45, 2.75) is 6.42 Å². The van der Waals surface area contributed by atoms with Crippen LogP contribution in [0.3, 0.4) is 0 Å². The summed E-state index contributed by atoms with van der Waals surface area (Å²) < 4.78 is 22.9. The Hall–Kier alpha value is -3.09. The minimum Gasteiger partial charge on any atom is -0.497 e. The van der Waals surface area contributed by atoms with Crippen LogP contribution in [-0.4, -0.2) is 25.5 Å². The average Bonchev–Trinajstić information content (AvgIpc) is 2.60. The molecule has 6 nitrogen and oxygen atoms in total. The van der Waals surface area contributed by atoms with Crippen molar-refractivity contribution in [2.75, 3.05) is 13.7 Å². The van der Waals surface area contributed by atoms with Crippen LogP contribution in [0.4, 0.5) is 4.39 Å². The molecule has 0 aliphatic rings. The quantitative estimate of drug-likeness (QED) is 0.788. The van der Waals surface area contributed by atoms with E-state index < -0.39 is 11.7 Å². The summed E-state index contributed by atoms with van der Waals surface area (Å²) in [6, 6.07) is 12.3. The van der Waals surface area contributed by atoms with Gasteiger partial charge in [0, 0.05) is 0 Å². The SMILES string of the molecule is COc1ccc(CC(=O)NNC(=O)COc2ccc(F)cc2)cc1. The van der Waals surface area contributed by atoms with Crippen LogP contribution in [0, 0.1) is 5.82 Å². The Morgan fingerprint density at radius 3 is 2.12 bits per heavy atom. The monoisotopic (exact) mass is 332 g/mol. The number of hydrogen-bond acceptors (Lipinski definition) is 4. The van der Waals surface area contributed by atoms with Gasteiger partial charge < -0.3 is 9.47 Å². The van der Waals surface area contributed by atoms with Crippen molar-refractivity contribution in [1.82, 2.24) is 10.9 Å². The van der Waals surface area contributed by atoms with Gasteiger partial charge in [-0.1, -0.05) is 12.1 Å². The molecule has 2 rings (SSSR count). The molecule has 2 amide bonds. The van der Waals surface area contributed by atoms with Crippen molar-refractivity contribution in [1.29, 1.82) is 0 Å². The Balaban J connectivity index is 1.70. The summed E-state index contributed by atoms with van der Waals surface area (Å²) in [5.41, 5.74) is 5.32. The molecule has 0 aliphatic carbocycles. The fourth-order valence-electron chi connectivity index (χ4n) is 1.83. The first-order valence-corrected chi connectivity index (χ1v) is 7.16. The molecule has 0 fully saturated rings. The summed E-state index contributed by atoms with van der Waals surface area (Å²) in [5, 5.41) is 0. The van der Waals surface area contributed by atoms with E-state index in [9.17, 15) is 14.0 Å². The first-order valence-electron chi connectivity index (χ1n) is 7.16. The van der Waals surface area contributed by atoms with Gasteiger partial charge in [0.15, 0.2) is 6.61 Å². The minimum absolute atomic E-state index is 0.114. The number of nitrogens with one attached hydrogen (secondary N) is 2. The summed E-state index contributed by atoms with van der Waals surface area (Å²) in [6.45, 7) is -0.297. The summed E-state index contributed by atoms with van der Waals surface area (Å²) in [7, 11) is 1.56. The van der Waals surface area contributed by atoms with Gasteiger partial charge in [-0.3, -0.25) is 20.4 Å². The number of rotatable bonds is 6. The molecule has 0 aromatic heterocycles. The molecular formula is C17H17FN2O4. The Kier molecular flexibility index (Phi) is 6.13. The smallest absolute Gasteiger partial charge is 0.276 e.